The fraction of sp³-hybridized carbons (Fsp3) is 0.429. The summed E-state index contributed by atoms with van der Waals surface area (Å²) in [5, 5.41) is 14.4. The highest BCUT2D eigenvalue weighted by Crippen LogP contribution is 2.27. The number of fused-ring (bicyclic) bond motifs is 1. The molecule has 0 spiro atoms. The summed E-state index contributed by atoms with van der Waals surface area (Å²) in [7, 11) is 0. The van der Waals surface area contributed by atoms with E-state index in [1.54, 1.807) is 6.08 Å². The van der Waals surface area contributed by atoms with Crippen LogP contribution >= 0.6 is 23.2 Å². The van der Waals surface area contributed by atoms with Crippen LogP contribution in [0.25, 0.3) is 0 Å². The van der Waals surface area contributed by atoms with Crippen molar-refractivity contribution in [3.63, 3.8) is 0 Å². The summed E-state index contributed by atoms with van der Waals surface area (Å²) in [5.41, 5.74) is 6.55. The third-order valence-electron chi connectivity index (χ3n) is 5.18. The Morgan fingerprint density at radius 2 is 1.97 bits per heavy atom. The van der Waals surface area contributed by atoms with E-state index in [0.29, 0.717) is 32.0 Å². The molecule has 0 aromatic heterocycles. The van der Waals surface area contributed by atoms with Gasteiger partial charge in [0.2, 0.25) is 6.41 Å². The third-order valence-corrected chi connectivity index (χ3v) is 5.73. The van der Waals surface area contributed by atoms with Gasteiger partial charge in [-0.3, -0.25) is 9.59 Å². The van der Waals surface area contributed by atoms with E-state index in [0.717, 1.165) is 49.1 Å². The third kappa shape index (κ3) is 15.4. The molecular weight excluding hydrogens is 548 g/mol. The van der Waals surface area contributed by atoms with Gasteiger partial charge in [0.25, 0.3) is 5.91 Å². The number of aliphatic hydroxyl groups is 1. The lowest BCUT2D eigenvalue weighted by molar-refractivity contribution is -0.123. The van der Waals surface area contributed by atoms with Crippen LogP contribution in [0.4, 0.5) is 4.39 Å². The Balaban J connectivity index is 0.000000315. The second kappa shape index (κ2) is 20.1. The number of carbonyl (C=O) groups excluding carboxylic acids is 2. The van der Waals surface area contributed by atoms with Crippen molar-refractivity contribution in [3.05, 3.63) is 70.5 Å². The average molecular weight is 587 g/mol. The van der Waals surface area contributed by atoms with Gasteiger partial charge in [0, 0.05) is 30.2 Å². The lowest BCUT2D eigenvalue weighted by atomic mass is 9.91. The number of amides is 2. The van der Waals surface area contributed by atoms with E-state index in [2.05, 4.69) is 17.2 Å². The Morgan fingerprint density at radius 1 is 1.26 bits per heavy atom. The van der Waals surface area contributed by atoms with Crippen LogP contribution in [-0.4, -0.2) is 55.9 Å². The predicted molar refractivity (Wildman–Crippen MR) is 153 cm³/mol. The molecule has 2 aromatic rings. The Kier molecular flexibility index (Phi) is 17.6. The van der Waals surface area contributed by atoms with Gasteiger partial charge in [0.15, 0.2) is 6.61 Å². The molecule has 1 saturated carbocycles. The van der Waals surface area contributed by atoms with Crippen LogP contribution in [0.3, 0.4) is 0 Å². The maximum atomic E-state index is 13.1. The summed E-state index contributed by atoms with van der Waals surface area (Å²) >= 11 is 11.3. The van der Waals surface area contributed by atoms with Gasteiger partial charge >= 0.3 is 0 Å². The number of benzene rings is 2. The number of ether oxygens (including phenoxy) is 2. The quantitative estimate of drug-likeness (QED) is 0.206. The van der Waals surface area contributed by atoms with Crippen LogP contribution in [0, 0.1) is 5.82 Å². The van der Waals surface area contributed by atoms with E-state index in [1.807, 2.05) is 25.1 Å². The predicted octanol–water partition coefficient (Wildman–Crippen LogP) is 4.44. The second-order valence-electron chi connectivity index (χ2n) is 8.64. The van der Waals surface area contributed by atoms with Crippen molar-refractivity contribution in [3.8, 4) is 11.5 Å². The molecule has 39 heavy (non-hydrogen) atoms. The number of carbonyl (C=O) groups is 2. The number of halogens is 3. The lowest BCUT2D eigenvalue weighted by Gasteiger charge is -2.26. The molecule has 5 N–H and O–H groups in total. The van der Waals surface area contributed by atoms with Crippen molar-refractivity contribution in [2.24, 2.45) is 5.73 Å². The minimum absolute atomic E-state index is 0.000482. The molecule has 0 saturated heterocycles. The van der Waals surface area contributed by atoms with Crippen LogP contribution in [0.15, 0.2) is 49.1 Å². The number of nitrogens with one attached hydrogen (secondary N) is 2. The first kappa shape index (κ1) is 34.2. The van der Waals surface area contributed by atoms with Gasteiger partial charge in [-0.2, -0.15) is 0 Å². The van der Waals surface area contributed by atoms with Gasteiger partial charge in [-0.25, -0.2) is 4.39 Å². The number of aliphatic hydroxyl groups excluding tert-OH is 1. The zero-order chi connectivity index (χ0) is 29.0. The maximum absolute atomic E-state index is 13.1. The molecule has 1 aliphatic heterocycles. The number of aryl methyl sites for hydroxylation is 1. The van der Waals surface area contributed by atoms with Gasteiger partial charge in [0.05, 0.1) is 17.7 Å². The molecule has 1 heterocycles. The highest BCUT2D eigenvalue weighted by Gasteiger charge is 2.22. The van der Waals surface area contributed by atoms with Crippen LogP contribution in [0.5, 0.6) is 11.5 Å². The Hall–Kier alpha value is -2.85. The highest BCUT2D eigenvalue weighted by atomic mass is 35.5. The second-order valence-corrected chi connectivity index (χ2v) is 9.48. The summed E-state index contributed by atoms with van der Waals surface area (Å²) in [5.74, 6) is 0.321. The van der Waals surface area contributed by atoms with Gasteiger partial charge in [0.1, 0.15) is 17.3 Å². The van der Waals surface area contributed by atoms with E-state index in [1.165, 1.54) is 17.7 Å². The molecule has 216 valence electrons. The van der Waals surface area contributed by atoms with E-state index < -0.39 is 5.82 Å². The number of allylic oxidation sites excluding steroid dienone is 1. The minimum atomic E-state index is -0.598. The van der Waals surface area contributed by atoms with Crippen LogP contribution in [0.2, 0.25) is 10.0 Å². The van der Waals surface area contributed by atoms with E-state index in [4.69, 9.17) is 43.5 Å². The fourth-order valence-corrected chi connectivity index (χ4v) is 3.51. The Labute approximate surface area is 239 Å². The van der Waals surface area contributed by atoms with Crippen LogP contribution in [-0.2, 0) is 16.0 Å². The first-order chi connectivity index (χ1) is 18.7. The zero-order valence-corrected chi connectivity index (χ0v) is 23.6. The van der Waals surface area contributed by atoms with Crippen molar-refractivity contribution in [2.75, 3.05) is 26.3 Å². The number of hydrogen-bond acceptors (Lipinski definition) is 6. The molecule has 2 amide bonds. The summed E-state index contributed by atoms with van der Waals surface area (Å²) in [6, 6.07) is 10.0. The number of nitrogens with two attached hydrogens (primary N) is 1. The van der Waals surface area contributed by atoms with Crippen molar-refractivity contribution >= 4 is 35.5 Å². The van der Waals surface area contributed by atoms with Gasteiger partial charge in [-0.15, -0.1) is 6.58 Å². The standard InChI is InChI=1S/C12H14ClFN2O3.C9H9ClO.C4H9NO.C3H6/c13-10-3-2-9(6-11(10)14)19-7-12(18)16-5-1-4-15-8-17;10-8-3-4-9-7(6-8)2-1-5-11-9;5-3-1-4(6)2-3;1-3-2/h2-3,6,8H,1,4-5,7H2,(H,15,17)(H,16,18);3-4,6H,1-2,5H2;3-4,6H,1-2,5H2;3H,1H2,2H3. The molecule has 11 heteroatoms. The maximum Gasteiger partial charge on any atom is 0.257 e. The van der Waals surface area contributed by atoms with E-state index in [9.17, 15) is 14.0 Å². The van der Waals surface area contributed by atoms with E-state index in [-0.39, 0.29) is 29.4 Å². The molecular formula is C28H38Cl2FN3O5. The first-order valence-electron chi connectivity index (χ1n) is 12.6. The molecule has 0 radical (unpaired) electrons. The molecule has 1 aliphatic carbocycles. The molecule has 2 aromatic carbocycles. The summed E-state index contributed by atoms with van der Waals surface area (Å²) < 4.78 is 23.6. The normalized spacial score (nSPS) is 16.4. The first-order valence-corrected chi connectivity index (χ1v) is 13.4. The Morgan fingerprint density at radius 3 is 2.56 bits per heavy atom. The van der Waals surface area contributed by atoms with Gasteiger partial charge < -0.3 is 30.9 Å². The van der Waals surface area contributed by atoms with Crippen LogP contribution < -0.4 is 25.8 Å². The van der Waals surface area contributed by atoms with Crippen molar-refractivity contribution in [1.82, 2.24) is 10.6 Å². The molecule has 0 unspecified atom stereocenters. The molecule has 1 fully saturated rings. The van der Waals surface area contributed by atoms with E-state index >= 15 is 0 Å². The van der Waals surface area contributed by atoms with Crippen molar-refractivity contribution in [1.29, 1.82) is 0 Å². The molecule has 0 bridgehead atoms. The smallest absolute Gasteiger partial charge is 0.257 e. The SMILES string of the molecule is C=CC.Clc1ccc2c(c1)CCCO2.NC1CC(O)C1.O=CNCCCNC(=O)COc1ccc(Cl)c(F)c1. The van der Waals surface area contributed by atoms with Gasteiger partial charge in [-0.05, 0) is 74.9 Å². The lowest BCUT2D eigenvalue weighted by Crippen LogP contribution is -2.39. The number of rotatable bonds is 8. The van der Waals surface area contributed by atoms with Gasteiger partial charge in [-0.1, -0.05) is 29.3 Å². The fourth-order valence-electron chi connectivity index (χ4n) is 3.20. The summed E-state index contributed by atoms with van der Waals surface area (Å²) in [6.45, 7) is 6.81. The summed E-state index contributed by atoms with van der Waals surface area (Å²) in [4.78, 5) is 21.3. The Bertz CT molecular complexity index is 1020. The molecule has 0 atom stereocenters. The monoisotopic (exact) mass is 585 g/mol. The summed E-state index contributed by atoms with van der Waals surface area (Å²) in [6.07, 6.45) is 6.70. The zero-order valence-electron chi connectivity index (χ0n) is 22.1. The van der Waals surface area contributed by atoms with Crippen LogP contribution in [0.1, 0.15) is 38.2 Å². The topological polar surface area (TPSA) is 123 Å². The van der Waals surface area contributed by atoms with Crippen molar-refractivity contribution in [2.45, 2.75) is 51.2 Å². The molecule has 4 rings (SSSR count). The van der Waals surface area contributed by atoms with Crippen molar-refractivity contribution < 1.29 is 28.6 Å². The average Bonchev–Trinajstić information content (AvgIpc) is 2.90. The molecule has 8 nitrogen and oxygen atoms in total. The minimum Gasteiger partial charge on any atom is -0.493 e. The largest absolute Gasteiger partial charge is 0.493 e. The highest BCUT2D eigenvalue weighted by molar-refractivity contribution is 6.31. The molecule has 2 aliphatic rings. The number of hydrogen-bond donors (Lipinski definition) is 4.